The van der Waals surface area contributed by atoms with Gasteiger partial charge < -0.3 is 14.5 Å². The summed E-state index contributed by atoms with van der Waals surface area (Å²) in [5, 5.41) is 0.329. The predicted molar refractivity (Wildman–Crippen MR) is 103 cm³/mol. The maximum atomic E-state index is 6.18. The van der Waals surface area contributed by atoms with Gasteiger partial charge in [0.25, 0.3) is 0 Å². The molecule has 0 aromatic carbocycles. The van der Waals surface area contributed by atoms with Crippen LogP contribution in [0.3, 0.4) is 0 Å². The third-order valence-corrected chi connectivity index (χ3v) is 6.25. The summed E-state index contributed by atoms with van der Waals surface area (Å²) in [5.74, 6) is 0.963. The van der Waals surface area contributed by atoms with Crippen LogP contribution in [-0.4, -0.2) is 78.8 Å². The molecule has 8 heteroatoms. The highest BCUT2D eigenvalue weighted by Crippen LogP contribution is 2.34. The van der Waals surface area contributed by atoms with Gasteiger partial charge in [0.1, 0.15) is 0 Å². The van der Waals surface area contributed by atoms with E-state index in [-0.39, 0.29) is 0 Å². The van der Waals surface area contributed by atoms with Crippen LogP contribution < -0.4 is 4.90 Å². The van der Waals surface area contributed by atoms with Gasteiger partial charge in [-0.05, 0) is 24.2 Å². The highest BCUT2D eigenvalue weighted by Gasteiger charge is 2.21. The molecule has 4 heterocycles. The quantitative estimate of drug-likeness (QED) is 0.757. The SMILES string of the molecule is CCN1CCN(Cc2cc3nc(Cl)nc(N4CCOCC4)c3s2)CC1. The molecule has 0 saturated carbocycles. The van der Waals surface area contributed by atoms with E-state index in [2.05, 4.69) is 37.7 Å². The molecule has 2 aliphatic heterocycles. The van der Waals surface area contributed by atoms with Gasteiger partial charge in [-0.2, -0.15) is 4.98 Å². The summed E-state index contributed by atoms with van der Waals surface area (Å²) in [7, 11) is 0. The summed E-state index contributed by atoms with van der Waals surface area (Å²) in [6.07, 6.45) is 0. The molecule has 0 N–H and O–H groups in total. The Morgan fingerprint density at radius 3 is 2.52 bits per heavy atom. The number of anilines is 1. The van der Waals surface area contributed by atoms with E-state index in [1.165, 1.54) is 4.88 Å². The van der Waals surface area contributed by atoms with Crippen LogP contribution in [0.4, 0.5) is 5.82 Å². The molecule has 2 aromatic rings. The third kappa shape index (κ3) is 3.90. The second kappa shape index (κ2) is 7.72. The number of ether oxygens (including phenoxy) is 1. The summed E-state index contributed by atoms with van der Waals surface area (Å²) < 4.78 is 6.61. The molecule has 25 heavy (non-hydrogen) atoms. The van der Waals surface area contributed by atoms with Crippen LogP contribution >= 0.6 is 22.9 Å². The lowest BCUT2D eigenvalue weighted by molar-refractivity contribution is 0.122. The smallest absolute Gasteiger partial charge is 0.224 e. The molecule has 2 saturated heterocycles. The van der Waals surface area contributed by atoms with Crippen LogP contribution in [0.25, 0.3) is 10.2 Å². The molecule has 6 nitrogen and oxygen atoms in total. The number of rotatable bonds is 4. The minimum atomic E-state index is 0.329. The fourth-order valence-electron chi connectivity index (χ4n) is 3.49. The number of aromatic nitrogens is 2. The minimum absolute atomic E-state index is 0.329. The lowest BCUT2D eigenvalue weighted by atomic mass is 10.3. The van der Waals surface area contributed by atoms with Crippen molar-refractivity contribution in [1.29, 1.82) is 0 Å². The normalized spacial score (nSPS) is 20.5. The topological polar surface area (TPSA) is 44.7 Å². The lowest BCUT2D eigenvalue weighted by Crippen LogP contribution is -2.45. The van der Waals surface area contributed by atoms with Gasteiger partial charge in [0.05, 0.1) is 23.4 Å². The molecular weight excluding hydrogens is 358 g/mol. The van der Waals surface area contributed by atoms with Crippen LogP contribution in [0.15, 0.2) is 6.07 Å². The van der Waals surface area contributed by atoms with E-state index in [1.807, 2.05) is 0 Å². The molecule has 0 bridgehead atoms. The summed E-state index contributed by atoms with van der Waals surface area (Å²) in [5.41, 5.74) is 0.966. The second-order valence-electron chi connectivity index (χ2n) is 6.55. The van der Waals surface area contributed by atoms with Crippen molar-refractivity contribution in [2.75, 3.05) is 63.9 Å². The second-order valence-corrected chi connectivity index (χ2v) is 8.03. The Labute approximate surface area is 157 Å². The molecular formula is C17H24ClN5OS. The van der Waals surface area contributed by atoms with Crippen molar-refractivity contribution in [3.05, 3.63) is 16.2 Å². The van der Waals surface area contributed by atoms with Gasteiger partial charge >= 0.3 is 0 Å². The lowest BCUT2D eigenvalue weighted by Gasteiger charge is -2.33. The van der Waals surface area contributed by atoms with Crippen molar-refractivity contribution in [3.8, 4) is 0 Å². The number of piperazine rings is 1. The Morgan fingerprint density at radius 1 is 1.08 bits per heavy atom. The molecule has 0 atom stereocenters. The van der Waals surface area contributed by atoms with Crippen molar-refractivity contribution in [2.24, 2.45) is 0 Å². The van der Waals surface area contributed by atoms with Gasteiger partial charge in [0.2, 0.25) is 5.28 Å². The monoisotopic (exact) mass is 381 g/mol. The molecule has 0 amide bonds. The number of nitrogens with zero attached hydrogens (tertiary/aromatic N) is 5. The molecule has 4 rings (SSSR count). The van der Waals surface area contributed by atoms with Crippen LogP contribution in [0.1, 0.15) is 11.8 Å². The van der Waals surface area contributed by atoms with Gasteiger partial charge in [-0.25, -0.2) is 4.98 Å². The van der Waals surface area contributed by atoms with Crippen molar-refractivity contribution in [2.45, 2.75) is 13.5 Å². The van der Waals surface area contributed by atoms with E-state index in [0.29, 0.717) is 5.28 Å². The fourth-order valence-corrected chi connectivity index (χ4v) is 4.81. The molecule has 0 unspecified atom stereocenters. The number of morpholine rings is 1. The summed E-state index contributed by atoms with van der Waals surface area (Å²) in [6.45, 7) is 12.1. The third-order valence-electron chi connectivity index (χ3n) is 4.98. The molecule has 2 aromatic heterocycles. The van der Waals surface area contributed by atoms with Gasteiger partial charge in [-0.15, -0.1) is 11.3 Å². The first-order chi connectivity index (χ1) is 12.2. The Bertz CT molecular complexity index is 725. The zero-order chi connectivity index (χ0) is 17.2. The average molecular weight is 382 g/mol. The number of fused-ring (bicyclic) bond motifs is 1. The van der Waals surface area contributed by atoms with Crippen molar-refractivity contribution < 1.29 is 4.74 Å². The first-order valence-corrected chi connectivity index (χ1v) is 10.2. The molecule has 0 spiro atoms. The van der Waals surface area contributed by atoms with Gasteiger partial charge in [0, 0.05) is 50.7 Å². The Hall–Kier alpha value is -0.990. The van der Waals surface area contributed by atoms with E-state index < -0.39 is 0 Å². The zero-order valence-corrected chi connectivity index (χ0v) is 16.2. The molecule has 2 fully saturated rings. The Kier molecular flexibility index (Phi) is 5.38. The van der Waals surface area contributed by atoms with Gasteiger partial charge in [-0.1, -0.05) is 6.92 Å². The van der Waals surface area contributed by atoms with Crippen LogP contribution in [-0.2, 0) is 11.3 Å². The maximum absolute atomic E-state index is 6.18. The Morgan fingerprint density at radius 2 is 1.80 bits per heavy atom. The van der Waals surface area contributed by atoms with Gasteiger partial charge in [-0.3, -0.25) is 4.90 Å². The number of hydrogen-bond acceptors (Lipinski definition) is 7. The summed E-state index contributed by atoms with van der Waals surface area (Å²) in [4.78, 5) is 17.6. The number of hydrogen-bond donors (Lipinski definition) is 0. The van der Waals surface area contributed by atoms with Crippen LogP contribution in [0.2, 0.25) is 5.28 Å². The summed E-state index contributed by atoms with van der Waals surface area (Å²) in [6, 6.07) is 2.18. The van der Waals surface area contributed by atoms with Gasteiger partial charge in [0.15, 0.2) is 5.82 Å². The van der Waals surface area contributed by atoms with Crippen LogP contribution in [0.5, 0.6) is 0 Å². The van der Waals surface area contributed by atoms with Crippen molar-refractivity contribution >= 4 is 39.0 Å². The molecule has 0 radical (unpaired) electrons. The van der Waals surface area contributed by atoms with E-state index in [9.17, 15) is 0 Å². The van der Waals surface area contributed by atoms with Crippen molar-refractivity contribution in [3.63, 3.8) is 0 Å². The Balaban J connectivity index is 1.55. The zero-order valence-electron chi connectivity index (χ0n) is 14.6. The number of likely N-dealkylation sites (N-methyl/N-ethyl adjacent to an activating group) is 1. The highest BCUT2D eigenvalue weighted by molar-refractivity contribution is 7.19. The first-order valence-electron chi connectivity index (χ1n) is 8.96. The molecule has 136 valence electrons. The molecule has 2 aliphatic rings. The van der Waals surface area contributed by atoms with Crippen LogP contribution in [0, 0.1) is 0 Å². The minimum Gasteiger partial charge on any atom is -0.378 e. The first kappa shape index (κ1) is 17.4. The predicted octanol–water partition coefficient (Wildman–Crippen LogP) is 2.32. The van der Waals surface area contributed by atoms with E-state index in [1.54, 1.807) is 11.3 Å². The number of halogens is 1. The largest absolute Gasteiger partial charge is 0.378 e. The van der Waals surface area contributed by atoms with E-state index >= 15 is 0 Å². The van der Waals surface area contributed by atoms with E-state index in [4.69, 9.17) is 16.3 Å². The van der Waals surface area contributed by atoms with E-state index in [0.717, 1.165) is 81.6 Å². The fraction of sp³-hybridized carbons (Fsp3) is 0.647. The van der Waals surface area contributed by atoms with Crippen molar-refractivity contribution in [1.82, 2.24) is 19.8 Å². The molecule has 0 aliphatic carbocycles. The average Bonchev–Trinajstić information content (AvgIpc) is 3.04. The number of thiophene rings is 1. The highest BCUT2D eigenvalue weighted by atomic mass is 35.5. The maximum Gasteiger partial charge on any atom is 0.224 e. The summed E-state index contributed by atoms with van der Waals surface area (Å²) >= 11 is 7.99. The standard InChI is InChI=1S/C17H24ClN5OS/c1-2-21-3-5-22(6-4-21)12-13-11-14-15(25-13)16(20-17(18)19-14)23-7-9-24-10-8-23/h11H,2-10,12H2,1H3.